The smallest absolute Gasteiger partial charge is 0.248 e. The molecule has 5 heteroatoms. The van der Waals surface area contributed by atoms with E-state index in [1.807, 2.05) is 0 Å². The summed E-state index contributed by atoms with van der Waals surface area (Å²) >= 11 is 0. The van der Waals surface area contributed by atoms with Gasteiger partial charge in [-0.3, -0.25) is 4.79 Å². The monoisotopic (exact) mass is 189 g/mol. The molecule has 0 aliphatic rings. The molecule has 0 heterocycles. The summed E-state index contributed by atoms with van der Waals surface area (Å²) in [7, 11) is 0. The van der Waals surface area contributed by atoms with Gasteiger partial charge in [-0.25, -0.2) is 0 Å². The number of carbonyl (C=O) groups excluding carboxylic acids is 1. The lowest BCUT2D eigenvalue weighted by atomic mass is 10.2. The Balaban J connectivity index is 0.00000121. The van der Waals surface area contributed by atoms with Gasteiger partial charge in [0.2, 0.25) is 5.91 Å². The Morgan fingerprint density at radius 3 is 2.25 bits per heavy atom. The first-order valence-corrected chi connectivity index (χ1v) is 2.93. The molecular formula is C7H8ClNO3. The van der Waals surface area contributed by atoms with Crippen molar-refractivity contribution in [3.8, 4) is 11.5 Å². The number of phenols is 2. The van der Waals surface area contributed by atoms with Crippen molar-refractivity contribution in [2.75, 3.05) is 0 Å². The van der Waals surface area contributed by atoms with Crippen molar-refractivity contribution in [2.24, 2.45) is 5.73 Å². The third-order valence-corrected chi connectivity index (χ3v) is 1.26. The fourth-order valence-electron chi connectivity index (χ4n) is 0.677. The van der Waals surface area contributed by atoms with E-state index in [0.29, 0.717) is 0 Å². The van der Waals surface area contributed by atoms with E-state index >= 15 is 0 Å². The van der Waals surface area contributed by atoms with E-state index in [4.69, 9.17) is 15.9 Å². The van der Waals surface area contributed by atoms with Crippen LogP contribution in [0.1, 0.15) is 10.4 Å². The van der Waals surface area contributed by atoms with Crippen LogP contribution >= 0.6 is 12.4 Å². The summed E-state index contributed by atoms with van der Waals surface area (Å²) in [5.74, 6) is -1.25. The lowest BCUT2D eigenvalue weighted by molar-refractivity contribution is 0.1000. The summed E-state index contributed by atoms with van der Waals surface area (Å²) in [6.45, 7) is 0. The van der Waals surface area contributed by atoms with Crippen LogP contribution in [0.3, 0.4) is 0 Å². The number of phenolic OH excluding ortho intramolecular Hbond substituents is 2. The van der Waals surface area contributed by atoms with Crippen molar-refractivity contribution in [1.29, 1.82) is 0 Å². The minimum Gasteiger partial charge on any atom is -0.504 e. The number of rotatable bonds is 1. The third-order valence-electron chi connectivity index (χ3n) is 1.26. The van der Waals surface area contributed by atoms with E-state index in [9.17, 15) is 4.79 Å². The Morgan fingerprint density at radius 2 is 1.83 bits per heavy atom. The van der Waals surface area contributed by atoms with Gasteiger partial charge in [0, 0.05) is 5.56 Å². The van der Waals surface area contributed by atoms with Gasteiger partial charge in [0.15, 0.2) is 11.5 Å². The molecular weight excluding hydrogens is 182 g/mol. The average Bonchev–Trinajstić information content (AvgIpc) is 1.94. The Kier molecular flexibility index (Phi) is 3.37. The highest BCUT2D eigenvalue weighted by molar-refractivity contribution is 5.93. The van der Waals surface area contributed by atoms with Crippen LogP contribution in [0.25, 0.3) is 0 Å². The quantitative estimate of drug-likeness (QED) is 0.567. The number of aromatic hydroxyl groups is 2. The maximum atomic E-state index is 10.5. The van der Waals surface area contributed by atoms with E-state index < -0.39 is 5.91 Å². The number of hydrogen-bond donors (Lipinski definition) is 3. The van der Waals surface area contributed by atoms with Crippen LogP contribution in [0.2, 0.25) is 0 Å². The Bertz CT molecular complexity index is 301. The number of nitrogens with two attached hydrogens (primary N) is 1. The fraction of sp³-hybridized carbons (Fsp3) is 0. The summed E-state index contributed by atoms with van der Waals surface area (Å²) in [4.78, 5) is 10.5. The SMILES string of the molecule is Cl.NC(=O)c1ccc(O)c(O)c1. The summed E-state index contributed by atoms with van der Waals surface area (Å²) in [5, 5.41) is 17.7. The van der Waals surface area contributed by atoms with Gasteiger partial charge in [0.25, 0.3) is 0 Å². The highest BCUT2D eigenvalue weighted by atomic mass is 35.5. The zero-order valence-electron chi connectivity index (χ0n) is 6.02. The van der Waals surface area contributed by atoms with Crippen molar-refractivity contribution >= 4 is 18.3 Å². The minimum absolute atomic E-state index is 0. The molecule has 0 radical (unpaired) electrons. The maximum Gasteiger partial charge on any atom is 0.248 e. The molecule has 0 atom stereocenters. The number of hydrogen-bond acceptors (Lipinski definition) is 3. The summed E-state index contributed by atoms with van der Waals surface area (Å²) in [6, 6.07) is 3.64. The maximum absolute atomic E-state index is 10.5. The summed E-state index contributed by atoms with van der Waals surface area (Å²) in [6.07, 6.45) is 0. The standard InChI is InChI=1S/C7H7NO3.ClH/c8-7(11)4-1-2-5(9)6(10)3-4;/h1-3,9-10H,(H2,8,11);1H. The normalized spacial score (nSPS) is 8.67. The van der Waals surface area contributed by atoms with Gasteiger partial charge >= 0.3 is 0 Å². The molecule has 1 aromatic carbocycles. The van der Waals surface area contributed by atoms with Gasteiger partial charge in [-0.1, -0.05) is 0 Å². The molecule has 12 heavy (non-hydrogen) atoms. The zero-order valence-corrected chi connectivity index (χ0v) is 6.84. The molecule has 0 aliphatic carbocycles. The van der Waals surface area contributed by atoms with E-state index in [1.54, 1.807) is 0 Å². The predicted octanol–water partition coefficient (Wildman–Crippen LogP) is 0.619. The first kappa shape index (κ1) is 10.6. The van der Waals surface area contributed by atoms with Gasteiger partial charge in [-0.05, 0) is 18.2 Å². The molecule has 1 amide bonds. The third kappa shape index (κ3) is 2.03. The number of primary amides is 1. The fourth-order valence-corrected chi connectivity index (χ4v) is 0.677. The van der Waals surface area contributed by atoms with Crippen LogP contribution in [0, 0.1) is 0 Å². The molecule has 66 valence electrons. The zero-order chi connectivity index (χ0) is 8.43. The second kappa shape index (κ2) is 3.82. The molecule has 1 aromatic rings. The number of benzene rings is 1. The number of amides is 1. The lowest BCUT2D eigenvalue weighted by Gasteiger charge is -1.98. The van der Waals surface area contributed by atoms with Crippen LogP contribution in [0.5, 0.6) is 11.5 Å². The molecule has 4 N–H and O–H groups in total. The molecule has 0 saturated heterocycles. The summed E-state index contributed by atoms with van der Waals surface area (Å²) in [5.41, 5.74) is 5.07. The Hall–Kier alpha value is -1.42. The molecule has 0 fully saturated rings. The van der Waals surface area contributed by atoms with Crippen molar-refractivity contribution in [3.63, 3.8) is 0 Å². The Labute approximate surface area is 75.0 Å². The molecule has 0 aliphatic heterocycles. The first-order valence-electron chi connectivity index (χ1n) is 2.93. The molecule has 4 nitrogen and oxygen atoms in total. The van der Waals surface area contributed by atoms with Crippen LogP contribution < -0.4 is 5.73 Å². The average molecular weight is 190 g/mol. The van der Waals surface area contributed by atoms with Crippen molar-refractivity contribution < 1.29 is 15.0 Å². The van der Waals surface area contributed by atoms with E-state index in [-0.39, 0.29) is 29.5 Å². The molecule has 0 aromatic heterocycles. The van der Waals surface area contributed by atoms with Gasteiger partial charge in [0.05, 0.1) is 0 Å². The van der Waals surface area contributed by atoms with Crippen molar-refractivity contribution in [3.05, 3.63) is 23.8 Å². The predicted molar refractivity (Wildman–Crippen MR) is 45.5 cm³/mol. The molecule has 0 bridgehead atoms. The van der Waals surface area contributed by atoms with Crippen molar-refractivity contribution in [1.82, 2.24) is 0 Å². The number of halogens is 1. The minimum atomic E-state index is -0.639. The van der Waals surface area contributed by atoms with E-state index in [2.05, 4.69) is 0 Å². The van der Waals surface area contributed by atoms with Crippen LogP contribution in [-0.4, -0.2) is 16.1 Å². The van der Waals surface area contributed by atoms with Crippen LogP contribution in [0.4, 0.5) is 0 Å². The van der Waals surface area contributed by atoms with Crippen molar-refractivity contribution in [2.45, 2.75) is 0 Å². The van der Waals surface area contributed by atoms with Gasteiger partial charge < -0.3 is 15.9 Å². The first-order chi connectivity index (χ1) is 5.11. The Morgan fingerprint density at radius 1 is 1.25 bits per heavy atom. The molecule has 0 spiro atoms. The van der Waals surface area contributed by atoms with Crippen LogP contribution in [-0.2, 0) is 0 Å². The molecule has 0 unspecified atom stereocenters. The lowest BCUT2D eigenvalue weighted by Crippen LogP contribution is -2.10. The topological polar surface area (TPSA) is 83.6 Å². The van der Waals surface area contributed by atoms with E-state index in [1.165, 1.54) is 12.1 Å². The molecule has 1 rings (SSSR count). The van der Waals surface area contributed by atoms with Gasteiger partial charge in [0.1, 0.15) is 0 Å². The molecule has 0 saturated carbocycles. The largest absolute Gasteiger partial charge is 0.504 e. The van der Waals surface area contributed by atoms with Crippen LogP contribution in [0.15, 0.2) is 18.2 Å². The second-order valence-electron chi connectivity index (χ2n) is 2.07. The number of carbonyl (C=O) groups is 1. The highest BCUT2D eigenvalue weighted by Gasteiger charge is 2.03. The second-order valence-corrected chi connectivity index (χ2v) is 2.07. The van der Waals surface area contributed by atoms with E-state index in [0.717, 1.165) is 6.07 Å². The summed E-state index contributed by atoms with van der Waals surface area (Å²) < 4.78 is 0. The highest BCUT2D eigenvalue weighted by Crippen LogP contribution is 2.24. The van der Waals surface area contributed by atoms with Gasteiger partial charge in [-0.2, -0.15) is 0 Å². The van der Waals surface area contributed by atoms with Gasteiger partial charge in [-0.15, -0.1) is 12.4 Å².